The molecule has 1 heterocycles. The van der Waals surface area contributed by atoms with Gasteiger partial charge in [0.2, 0.25) is 17.7 Å². The van der Waals surface area contributed by atoms with Crippen molar-refractivity contribution in [2.45, 2.75) is 33.0 Å². The first-order chi connectivity index (χ1) is 13.5. The molecule has 0 saturated heterocycles. The van der Waals surface area contributed by atoms with Gasteiger partial charge in [-0.05, 0) is 46.0 Å². The van der Waals surface area contributed by atoms with Crippen LogP contribution in [0.4, 0.5) is 24.5 Å². The molecule has 0 fully saturated rings. The molecule has 29 heavy (non-hydrogen) atoms. The number of likely N-dealkylation sites (N-methyl/N-ethyl adjacent to an activating group) is 2. The van der Waals surface area contributed by atoms with Crippen molar-refractivity contribution in [1.29, 1.82) is 0 Å². The Morgan fingerprint density at radius 2 is 1.86 bits per heavy atom. The number of anilines is 2. The van der Waals surface area contributed by atoms with Crippen LogP contribution in [0.3, 0.4) is 0 Å². The molecule has 0 bridgehead atoms. The number of hydrogen-bond donors (Lipinski definition) is 1. The van der Waals surface area contributed by atoms with E-state index < -0.39 is 29.6 Å². The number of rotatable bonds is 6. The van der Waals surface area contributed by atoms with E-state index >= 15 is 0 Å². The lowest BCUT2D eigenvalue weighted by molar-refractivity contribution is -0.137. The number of amides is 3. The highest BCUT2D eigenvalue weighted by Crippen LogP contribution is 2.37. The van der Waals surface area contributed by atoms with Crippen LogP contribution >= 0.6 is 0 Å². The lowest BCUT2D eigenvalue weighted by Crippen LogP contribution is -2.52. The van der Waals surface area contributed by atoms with Crippen molar-refractivity contribution >= 4 is 29.1 Å². The molecule has 1 aliphatic rings. The second-order valence-corrected chi connectivity index (χ2v) is 6.86. The number of benzene rings is 1. The third kappa shape index (κ3) is 5.06. The van der Waals surface area contributed by atoms with Gasteiger partial charge in [-0.2, -0.15) is 13.2 Å². The number of nitrogens with one attached hydrogen (secondary N) is 1. The molecule has 10 heteroatoms. The second kappa shape index (κ2) is 8.81. The van der Waals surface area contributed by atoms with Crippen LogP contribution < -0.4 is 10.2 Å². The van der Waals surface area contributed by atoms with E-state index in [1.165, 1.54) is 6.07 Å². The molecule has 1 atom stereocenters. The number of halogens is 3. The molecule has 0 aliphatic carbocycles. The van der Waals surface area contributed by atoms with Crippen molar-refractivity contribution in [3.8, 4) is 0 Å². The molecule has 2 rings (SSSR count). The van der Waals surface area contributed by atoms with Gasteiger partial charge in [-0.25, -0.2) is 0 Å². The zero-order valence-electron chi connectivity index (χ0n) is 16.8. The Morgan fingerprint density at radius 3 is 2.41 bits per heavy atom. The van der Waals surface area contributed by atoms with Crippen molar-refractivity contribution in [1.82, 2.24) is 9.80 Å². The number of carbonyl (C=O) groups is 3. The Bertz CT molecular complexity index is 793. The van der Waals surface area contributed by atoms with E-state index in [-0.39, 0.29) is 30.4 Å². The van der Waals surface area contributed by atoms with Crippen LogP contribution in [-0.2, 0) is 20.6 Å². The number of fused-ring (bicyclic) bond motifs is 1. The Hall–Kier alpha value is -2.62. The maximum absolute atomic E-state index is 13.0. The van der Waals surface area contributed by atoms with E-state index in [0.29, 0.717) is 13.1 Å². The SMILES string of the molecule is CCN(CC)C(=O)CN(C)C(C)C(=O)N1CC(=O)Nc2cc(C(F)(F)F)ccc21. The molecule has 3 amide bonds. The van der Waals surface area contributed by atoms with Crippen LogP contribution in [-0.4, -0.2) is 66.8 Å². The highest BCUT2D eigenvalue weighted by Gasteiger charge is 2.35. The van der Waals surface area contributed by atoms with Crippen molar-refractivity contribution in [2.24, 2.45) is 0 Å². The fraction of sp³-hybridized carbons (Fsp3) is 0.526. The lowest BCUT2D eigenvalue weighted by Gasteiger charge is -2.34. The first kappa shape index (κ1) is 22.7. The average molecular weight is 414 g/mol. The number of carbonyl (C=O) groups excluding carboxylic acids is 3. The summed E-state index contributed by atoms with van der Waals surface area (Å²) in [6.45, 7) is 6.10. The summed E-state index contributed by atoms with van der Waals surface area (Å²) in [6, 6.07) is 2.10. The van der Waals surface area contributed by atoms with Gasteiger partial charge in [0, 0.05) is 13.1 Å². The molecular formula is C19H25F3N4O3. The fourth-order valence-corrected chi connectivity index (χ4v) is 3.10. The molecule has 0 radical (unpaired) electrons. The van der Waals surface area contributed by atoms with Crippen LogP contribution in [0, 0.1) is 0 Å². The molecule has 0 saturated carbocycles. The molecule has 160 valence electrons. The van der Waals surface area contributed by atoms with Gasteiger partial charge >= 0.3 is 6.18 Å². The topological polar surface area (TPSA) is 73.0 Å². The van der Waals surface area contributed by atoms with E-state index in [2.05, 4.69) is 5.32 Å². The molecule has 0 aromatic heterocycles. The second-order valence-electron chi connectivity index (χ2n) is 6.86. The van der Waals surface area contributed by atoms with Crippen molar-refractivity contribution < 1.29 is 27.6 Å². The first-order valence-corrected chi connectivity index (χ1v) is 9.30. The summed E-state index contributed by atoms with van der Waals surface area (Å²) >= 11 is 0. The molecule has 1 aromatic rings. The van der Waals surface area contributed by atoms with E-state index in [0.717, 1.165) is 17.0 Å². The molecule has 0 spiro atoms. The smallest absolute Gasteiger partial charge is 0.342 e. The molecule has 1 N–H and O–H groups in total. The lowest BCUT2D eigenvalue weighted by atomic mass is 10.1. The normalized spacial score (nSPS) is 15.0. The monoisotopic (exact) mass is 414 g/mol. The minimum absolute atomic E-state index is 0.00842. The van der Waals surface area contributed by atoms with E-state index in [1.54, 1.807) is 23.8 Å². The van der Waals surface area contributed by atoms with Crippen molar-refractivity contribution in [3.63, 3.8) is 0 Å². The minimum atomic E-state index is -4.57. The van der Waals surface area contributed by atoms with Crippen LogP contribution in [0.5, 0.6) is 0 Å². The summed E-state index contributed by atoms with van der Waals surface area (Å²) in [6.07, 6.45) is -4.57. The zero-order chi connectivity index (χ0) is 21.9. The van der Waals surface area contributed by atoms with Gasteiger partial charge in [-0.1, -0.05) is 0 Å². The zero-order valence-corrected chi connectivity index (χ0v) is 16.8. The quantitative estimate of drug-likeness (QED) is 0.775. The molecule has 1 unspecified atom stereocenters. The Labute approximate surface area is 167 Å². The summed E-state index contributed by atoms with van der Waals surface area (Å²) < 4.78 is 38.9. The van der Waals surface area contributed by atoms with Crippen molar-refractivity contribution in [2.75, 3.05) is 43.4 Å². The van der Waals surface area contributed by atoms with Crippen LogP contribution in [0.1, 0.15) is 26.3 Å². The first-order valence-electron chi connectivity index (χ1n) is 9.30. The standard InChI is InChI=1S/C19H25F3N4O3/c1-5-25(6-2)17(28)11-24(4)12(3)18(29)26-10-16(27)23-14-9-13(19(20,21)22)7-8-15(14)26/h7-9,12H,5-6,10-11H2,1-4H3,(H,23,27). The summed E-state index contributed by atoms with van der Waals surface area (Å²) in [5.74, 6) is -1.20. The summed E-state index contributed by atoms with van der Waals surface area (Å²) in [7, 11) is 1.61. The van der Waals surface area contributed by atoms with Gasteiger partial charge < -0.3 is 10.2 Å². The van der Waals surface area contributed by atoms with E-state index in [4.69, 9.17) is 0 Å². The van der Waals surface area contributed by atoms with Crippen molar-refractivity contribution in [3.05, 3.63) is 23.8 Å². The average Bonchev–Trinajstić information content (AvgIpc) is 2.65. The third-order valence-corrected chi connectivity index (χ3v) is 4.98. The molecule has 1 aromatic carbocycles. The maximum Gasteiger partial charge on any atom is 0.416 e. The number of hydrogen-bond acceptors (Lipinski definition) is 4. The maximum atomic E-state index is 13.0. The molecule has 1 aliphatic heterocycles. The summed E-state index contributed by atoms with van der Waals surface area (Å²) in [4.78, 5) is 41.6. The number of alkyl halides is 3. The number of nitrogens with zero attached hydrogens (tertiary/aromatic N) is 3. The van der Waals surface area contributed by atoms with E-state index in [9.17, 15) is 27.6 Å². The van der Waals surface area contributed by atoms with E-state index in [1.807, 2.05) is 13.8 Å². The van der Waals surface area contributed by atoms with Gasteiger partial charge in [-0.15, -0.1) is 0 Å². The highest BCUT2D eigenvalue weighted by molar-refractivity contribution is 6.11. The molecule has 7 nitrogen and oxygen atoms in total. The van der Waals surface area contributed by atoms with Crippen LogP contribution in [0.2, 0.25) is 0 Å². The predicted molar refractivity (Wildman–Crippen MR) is 102 cm³/mol. The Balaban J connectivity index is 2.22. The predicted octanol–water partition coefficient (Wildman–Crippen LogP) is 2.18. The van der Waals surface area contributed by atoms with Crippen LogP contribution in [0.15, 0.2) is 18.2 Å². The van der Waals surface area contributed by atoms with Gasteiger partial charge in [0.05, 0.1) is 29.5 Å². The third-order valence-electron chi connectivity index (χ3n) is 4.98. The van der Waals surface area contributed by atoms with Crippen LogP contribution in [0.25, 0.3) is 0 Å². The summed E-state index contributed by atoms with van der Waals surface area (Å²) in [5, 5.41) is 2.38. The van der Waals surface area contributed by atoms with Gasteiger partial charge in [0.1, 0.15) is 6.54 Å². The minimum Gasteiger partial charge on any atom is -0.342 e. The Morgan fingerprint density at radius 1 is 1.24 bits per heavy atom. The van der Waals surface area contributed by atoms with Gasteiger partial charge in [0.15, 0.2) is 0 Å². The largest absolute Gasteiger partial charge is 0.416 e. The highest BCUT2D eigenvalue weighted by atomic mass is 19.4. The molecular weight excluding hydrogens is 389 g/mol. The van der Waals surface area contributed by atoms with Gasteiger partial charge in [0.25, 0.3) is 0 Å². The fourth-order valence-electron chi connectivity index (χ4n) is 3.10. The van der Waals surface area contributed by atoms with Gasteiger partial charge in [-0.3, -0.25) is 24.2 Å². The summed E-state index contributed by atoms with van der Waals surface area (Å²) in [5.41, 5.74) is -0.794. The Kier molecular flexibility index (Phi) is 6.89.